The van der Waals surface area contributed by atoms with Gasteiger partial charge in [-0.25, -0.2) is 4.98 Å². The number of amides is 1. The summed E-state index contributed by atoms with van der Waals surface area (Å²) < 4.78 is 7.75. The number of benzene rings is 1. The van der Waals surface area contributed by atoms with Gasteiger partial charge in [-0.1, -0.05) is 6.92 Å². The zero-order valence-corrected chi connectivity index (χ0v) is 14.0. The first kappa shape index (κ1) is 14.8. The summed E-state index contributed by atoms with van der Waals surface area (Å²) >= 11 is 0. The zero-order chi connectivity index (χ0) is 16.8. The lowest BCUT2D eigenvalue weighted by Gasteiger charge is -2.23. The van der Waals surface area contributed by atoms with E-state index >= 15 is 0 Å². The van der Waals surface area contributed by atoms with Crippen LogP contribution in [-0.2, 0) is 11.2 Å². The number of ether oxygens (including phenoxy) is 1. The Bertz CT molecular complexity index is 959. The summed E-state index contributed by atoms with van der Waals surface area (Å²) in [6.07, 6.45) is 2.47. The largest absolute Gasteiger partial charge is 0.479 e. The highest BCUT2D eigenvalue weighted by Gasteiger charge is 2.24. The fourth-order valence-electron chi connectivity index (χ4n) is 3.12. The highest BCUT2D eigenvalue weighted by atomic mass is 16.5. The molecule has 1 N–H and O–H groups in total. The minimum absolute atomic E-state index is 0.124. The van der Waals surface area contributed by atoms with Crippen LogP contribution in [0.25, 0.3) is 16.9 Å². The molecule has 3 heterocycles. The van der Waals surface area contributed by atoms with Crippen molar-refractivity contribution in [1.29, 1.82) is 0 Å². The zero-order valence-electron chi connectivity index (χ0n) is 14.0. The lowest BCUT2D eigenvalue weighted by Crippen LogP contribution is -2.34. The Labute approximate surface area is 140 Å². The molecule has 1 unspecified atom stereocenters. The van der Waals surface area contributed by atoms with Gasteiger partial charge in [0, 0.05) is 11.8 Å². The molecule has 2 aromatic heterocycles. The molecule has 0 saturated carbocycles. The van der Waals surface area contributed by atoms with E-state index in [0.717, 1.165) is 29.0 Å². The van der Waals surface area contributed by atoms with E-state index in [1.165, 1.54) is 5.56 Å². The van der Waals surface area contributed by atoms with E-state index in [0.29, 0.717) is 11.4 Å². The molecule has 4 rings (SSSR count). The molecule has 1 amide bonds. The number of pyridine rings is 1. The summed E-state index contributed by atoms with van der Waals surface area (Å²) in [6.45, 7) is 5.93. The monoisotopic (exact) mass is 321 g/mol. The summed E-state index contributed by atoms with van der Waals surface area (Å²) in [7, 11) is 0. The Morgan fingerprint density at radius 1 is 1.29 bits per heavy atom. The summed E-state index contributed by atoms with van der Waals surface area (Å²) in [5.74, 6) is 0.574. The standard InChI is InChI=1S/C19H19N3O2/c1-4-15-18(21-17-9-11(2)7-8-22(15)17)13-5-6-16-14(10-13)20-19(23)12(3)24-16/h5-10,12H,4H2,1-3H3,(H,20,23). The van der Waals surface area contributed by atoms with Crippen molar-refractivity contribution in [2.45, 2.75) is 33.3 Å². The van der Waals surface area contributed by atoms with Crippen molar-refractivity contribution in [1.82, 2.24) is 9.38 Å². The van der Waals surface area contributed by atoms with Crippen LogP contribution < -0.4 is 10.1 Å². The summed E-state index contributed by atoms with van der Waals surface area (Å²) in [5, 5.41) is 2.90. The third kappa shape index (κ3) is 2.24. The molecule has 0 saturated heterocycles. The SMILES string of the molecule is CCc1c(-c2ccc3c(c2)NC(=O)C(C)O3)nc2cc(C)ccn12. The Morgan fingerprint density at radius 2 is 2.12 bits per heavy atom. The predicted molar refractivity (Wildman–Crippen MR) is 93.5 cm³/mol. The van der Waals surface area contributed by atoms with Crippen LogP contribution in [0.15, 0.2) is 36.5 Å². The first-order valence-electron chi connectivity index (χ1n) is 8.16. The van der Waals surface area contributed by atoms with Crippen molar-refractivity contribution in [2.24, 2.45) is 0 Å². The topological polar surface area (TPSA) is 55.6 Å². The first-order chi connectivity index (χ1) is 11.6. The molecule has 1 atom stereocenters. The van der Waals surface area contributed by atoms with E-state index in [1.807, 2.05) is 18.2 Å². The van der Waals surface area contributed by atoms with Gasteiger partial charge in [0.25, 0.3) is 5.91 Å². The van der Waals surface area contributed by atoms with Crippen LogP contribution >= 0.6 is 0 Å². The second-order valence-electron chi connectivity index (χ2n) is 6.15. The van der Waals surface area contributed by atoms with E-state index in [-0.39, 0.29) is 5.91 Å². The number of nitrogens with zero attached hydrogens (tertiary/aromatic N) is 2. The first-order valence-corrected chi connectivity index (χ1v) is 8.16. The highest BCUT2D eigenvalue weighted by Crippen LogP contribution is 2.35. The van der Waals surface area contributed by atoms with E-state index < -0.39 is 6.10 Å². The van der Waals surface area contributed by atoms with Gasteiger partial charge in [-0.15, -0.1) is 0 Å². The van der Waals surface area contributed by atoms with Gasteiger partial charge >= 0.3 is 0 Å². The smallest absolute Gasteiger partial charge is 0.265 e. The van der Waals surface area contributed by atoms with Gasteiger partial charge in [-0.05, 0) is 56.2 Å². The fourth-order valence-corrected chi connectivity index (χ4v) is 3.12. The van der Waals surface area contributed by atoms with Crippen LogP contribution in [0.1, 0.15) is 25.1 Å². The Morgan fingerprint density at radius 3 is 2.92 bits per heavy atom. The summed E-state index contributed by atoms with van der Waals surface area (Å²) in [4.78, 5) is 16.7. The Balaban J connectivity index is 1.86. The Kier molecular flexibility index (Phi) is 3.30. The quantitative estimate of drug-likeness (QED) is 0.785. The number of carbonyl (C=O) groups is 1. The number of hydrogen-bond acceptors (Lipinski definition) is 3. The van der Waals surface area contributed by atoms with Crippen molar-refractivity contribution in [3.8, 4) is 17.0 Å². The molecule has 0 fully saturated rings. The number of nitrogens with one attached hydrogen (secondary N) is 1. The van der Waals surface area contributed by atoms with Crippen LogP contribution in [0.4, 0.5) is 5.69 Å². The minimum atomic E-state index is -0.465. The number of aromatic nitrogens is 2. The minimum Gasteiger partial charge on any atom is -0.479 e. The second kappa shape index (κ2) is 5.37. The Hall–Kier alpha value is -2.82. The van der Waals surface area contributed by atoms with Gasteiger partial charge in [0.15, 0.2) is 6.10 Å². The number of anilines is 1. The molecule has 1 aliphatic heterocycles. The number of hydrogen-bond donors (Lipinski definition) is 1. The number of carbonyl (C=O) groups excluding carboxylic acids is 1. The molecule has 122 valence electrons. The third-order valence-corrected chi connectivity index (χ3v) is 4.40. The molecule has 3 aromatic rings. The third-order valence-electron chi connectivity index (χ3n) is 4.40. The van der Waals surface area contributed by atoms with Gasteiger partial charge in [0.1, 0.15) is 11.4 Å². The molecule has 0 radical (unpaired) electrons. The van der Waals surface area contributed by atoms with Crippen LogP contribution in [0.3, 0.4) is 0 Å². The van der Waals surface area contributed by atoms with Gasteiger partial charge in [0.05, 0.1) is 17.1 Å². The summed E-state index contributed by atoms with van der Waals surface area (Å²) in [5.41, 5.74) is 5.90. The predicted octanol–water partition coefficient (Wildman–Crippen LogP) is 3.59. The van der Waals surface area contributed by atoms with Crippen molar-refractivity contribution < 1.29 is 9.53 Å². The molecule has 5 heteroatoms. The van der Waals surface area contributed by atoms with Crippen molar-refractivity contribution in [2.75, 3.05) is 5.32 Å². The second-order valence-corrected chi connectivity index (χ2v) is 6.15. The lowest BCUT2D eigenvalue weighted by molar-refractivity contribution is -0.122. The van der Waals surface area contributed by atoms with Crippen molar-refractivity contribution in [3.63, 3.8) is 0 Å². The average Bonchev–Trinajstić information content (AvgIpc) is 2.93. The number of aryl methyl sites for hydroxylation is 2. The molecule has 0 bridgehead atoms. The van der Waals surface area contributed by atoms with E-state index in [4.69, 9.17) is 9.72 Å². The van der Waals surface area contributed by atoms with E-state index in [1.54, 1.807) is 6.92 Å². The maximum absolute atomic E-state index is 11.9. The molecule has 1 aliphatic rings. The van der Waals surface area contributed by atoms with Gasteiger partial charge < -0.3 is 14.5 Å². The maximum Gasteiger partial charge on any atom is 0.265 e. The normalized spacial score (nSPS) is 16.6. The van der Waals surface area contributed by atoms with Crippen LogP contribution in [-0.4, -0.2) is 21.4 Å². The van der Waals surface area contributed by atoms with E-state index in [9.17, 15) is 4.79 Å². The number of rotatable bonds is 2. The molecule has 24 heavy (non-hydrogen) atoms. The van der Waals surface area contributed by atoms with Gasteiger partial charge in [0.2, 0.25) is 0 Å². The molecule has 0 spiro atoms. The van der Waals surface area contributed by atoms with Crippen LogP contribution in [0.5, 0.6) is 5.75 Å². The van der Waals surface area contributed by atoms with Crippen LogP contribution in [0, 0.1) is 6.92 Å². The molecular formula is C19H19N3O2. The average molecular weight is 321 g/mol. The molecule has 5 nitrogen and oxygen atoms in total. The highest BCUT2D eigenvalue weighted by molar-refractivity contribution is 5.98. The molecular weight excluding hydrogens is 302 g/mol. The van der Waals surface area contributed by atoms with Crippen molar-refractivity contribution in [3.05, 3.63) is 47.8 Å². The molecule has 0 aliphatic carbocycles. The number of imidazole rings is 1. The maximum atomic E-state index is 11.9. The fraction of sp³-hybridized carbons (Fsp3) is 0.263. The van der Waals surface area contributed by atoms with E-state index in [2.05, 4.69) is 41.9 Å². The van der Waals surface area contributed by atoms with Crippen molar-refractivity contribution >= 4 is 17.2 Å². The summed E-state index contributed by atoms with van der Waals surface area (Å²) in [6, 6.07) is 9.99. The van der Waals surface area contributed by atoms with Gasteiger partial charge in [-0.2, -0.15) is 0 Å². The number of fused-ring (bicyclic) bond motifs is 2. The van der Waals surface area contributed by atoms with Gasteiger partial charge in [-0.3, -0.25) is 4.79 Å². The molecule has 1 aromatic carbocycles. The lowest BCUT2D eigenvalue weighted by atomic mass is 10.1. The van der Waals surface area contributed by atoms with Crippen LogP contribution in [0.2, 0.25) is 0 Å².